The fourth-order valence-electron chi connectivity index (χ4n) is 1.44. The minimum Gasteiger partial charge on any atom is -0.347 e. The third-order valence-electron chi connectivity index (χ3n) is 2.44. The normalized spacial score (nSPS) is 10.9. The maximum atomic E-state index is 11.9. The highest BCUT2D eigenvalue weighted by Crippen LogP contribution is 2.04. The van der Waals surface area contributed by atoms with Gasteiger partial charge in [-0.2, -0.15) is 5.10 Å². The molecule has 0 saturated carbocycles. The molecule has 0 aliphatic carbocycles. The zero-order valence-electron chi connectivity index (χ0n) is 10.9. The first-order valence-corrected chi connectivity index (χ1v) is 5.68. The molecule has 0 saturated heterocycles. The number of nitrogens with two attached hydrogens (primary N) is 1. The molecule has 3 N–H and O–H groups in total. The maximum Gasteiger partial charge on any atom is 0.270 e. The van der Waals surface area contributed by atoms with Crippen LogP contribution in [0, 0.1) is 0 Å². The number of aromatic nitrogens is 3. The third kappa shape index (κ3) is 4.48. The average molecular weight is 318 g/mol. The van der Waals surface area contributed by atoms with E-state index in [9.17, 15) is 4.79 Å². The predicted molar refractivity (Wildman–Crippen MR) is 81.8 cm³/mol. The molecule has 1 atom stereocenters. The van der Waals surface area contributed by atoms with E-state index in [0.717, 1.165) is 0 Å². The summed E-state index contributed by atoms with van der Waals surface area (Å²) >= 11 is 0. The van der Waals surface area contributed by atoms with E-state index in [-0.39, 0.29) is 36.8 Å². The molecule has 2 rings (SSSR count). The lowest BCUT2D eigenvalue weighted by atomic mass is 10.3. The molecule has 0 fully saturated rings. The summed E-state index contributed by atoms with van der Waals surface area (Å²) in [5, 5.41) is 6.83. The number of pyridine rings is 1. The smallest absolute Gasteiger partial charge is 0.270 e. The van der Waals surface area contributed by atoms with Crippen molar-refractivity contribution in [3.05, 3.63) is 42.4 Å². The summed E-state index contributed by atoms with van der Waals surface area (Å²) < 4.78 is 1.60. The van der Waals surface area contributed by atoms with Gasteiger partial charge in [-0.25, -0.2) is 9.67 Å². The number of nitrogens with zero attached hydrogens (tertiary/aromatic N) is 3. The standard InChI is InChI=1S/C12H15N5O.2ClH/c1-9(8-13)15-12(18)10-4-2-5-11(16-10)17-7-3-6-14-17;;/h2-7,9H,8,13H2,1H3,(H,15,18);2*1H/t9-;;/m0../s1. The molecule has 8 heteroatoms. The minimum atomic E-state index is -0.234. The zero-order valence-corrected chi connectivity index (χ0v) is 12.5. The number of carbonyl (C=O) groups excluding carboxylic acids is 1. The number of nitrogens with one attached hydrogen (secondary N) is 1. The summed E-state index contributed by atoms with van der Waals surface area (Å²) in [5.41, 5.74) is 5.81. The number of rotatable bonds is 4. The van der Waals surface area contributed by atoms with Crippen molar-refractivity contribution in [1.29, 1.82) is 0 Å². The minimum absolute atomic E-state index is 0. The highest BCUT2D eigenvalue weighted by molar-refractivity contribution is 5.92. The van der Waals surface area contributed by atoms with Crippen LogP contribution in [0.2, 0.25) is 0 Å². The van der Waals surface area contributed by atoms with E-state index in [2.05, 4.69) is 15.4 Å². The Hall–Kier alpha value is -1.63. The molecule has 0 aromatic carbocycles. The van der Waals surface area contributed by atoms with Crippen molar-refractivity contribution in [1.82, 2.24) is 20.1 Å². The van der Waals surface area contributed by atoms with E-state index in [1.165, 1.54) is 0 Å². The molecule has 20 heavy (non-hydrogen) atoms. The number of hydrogen-bond acceptors (Lipinski definition) is 4. The van der Waals surface area contributed by atoms with E-state index < -0.39 is 0 Å². The lowest BCUT2D eigenvalue weighted by molar-refractivity contribution is 0.0936. The molecular weight excluding hydrogens is 301 g/mol. The molecular formula is C12H17Cl2N5O. The van der Waals surface area contributed by atoms with Crippen LogP contribution in [0.25, 0.3) is 5.82 Å². The van der Waals surface area contributed by atoms with Crippen LogP contribution in [0.1, 0.15) is 17.4 Å². The van der Waals surface area contributed by atoms with E-state index in [4.69, 9.17) is 5.73 Å². The van der Waals surface area contributed by atoms with Crippen molar-refractivity contribution in [2.24, 2.45) is 5.73 Å². The molecule has 0 bridgehead atoms. The Morgan fingerprint density at radius 2 is 2.15 bits per heavy atom. The Bertz CT molecular complexity index is 532. The molecule has 1 amide bonds. The summed E-state index contributed by atoms with van der Waals surface area (Å²) in [7, 11) is 0. The van der Waals surface area contributed by atoms with Gasteiger partial charge in [-0.3, -0.25) is 4.79 Å². The van der Waals surface area contributed by atoms with Gasteiger partial charge in [0.25, 0.3) is 5.91 Å². The van der Waals surface area contributed by atoms with Crippen molar-refractivity contribution in [2.75, 3.05) is 6.54 Å². The highest BCUT2D eigenvalue weighted by Gasteiger charge is 2.10. The lowest BCUT2D eigenvalue weighted by Crippen LogP contribution is -2.38. The highest BCUT2D eigenvalue weighted by atomic mass is 35.5. The van der Waals surface area contributed by atoms with Crippen LogP contribution in [0.15, 0.2) is 36.7 Å². The first kappa shape index (κ1) is 18.4. The van der Waals surface area contributed by atoms with Gasteiger partial charge in [0, 0.05) is 25.0 Å². The van der Waals surface area contributed by atoms with Crippen LogP contribution in [-0.2, 0) is 0 Å². The van der Waals surface area contributed by atoms with Crippen LogP contribution < -0.4 is 11.1 Å². The number of halogens is 2. The molecule has 0 aliphatic rings. The molecule has 2 aromatic rings. The van der Waals surface area contributed by atoms with Crippen molar-refractivity contribution < 1.29 is 4.79 Å². The number of amides is 1. The van der Waals surface area contributed by atoms with Crippen molar-refractivity contribution in [2.45, 2.75) is 13.0 Å². The topological polar surface area (TPSA) is 85.8 Å². The fourth-order valence-corrected chi connectivity index (χ4v) is 1.44. The Morgan fingerprint density at radius 3 is 2.75 bits per heavy atom. The third-order valence-corrected chi connectivity index (χ3v) is 2.44. The van der Waals surface area contributed by atoms with Gasteiger partial charge in [0.15, 0.2) is 5.82 Å². The monoisotopic (exact) mass is 317 g/mol. The number of hydrogen-bond donors (Lipinski definition) is 2. The molecule has 0 unspecified atom stereocenters. The summed E-state index contributed by atoms with van der Waals surface area (Å²) in [6, 6.07) is 6.94. The largest absolute Gasteiger partial charge is 0.347 e. The second-order valence-corrected chi connectivity index (χ2v) is 3.94. The molecule has 0 radical (unpaired) electrons. The Morgan fingerprint density at radius 1 is 1.40 bits per heavy atom. The SMILES string of the molecule is C[C@@H](CN)NC(=O)c1cccc(-n2cccn2)n1.Cl.Cl. The first-order valence-electron chi connectivity index (χ1n) is 5.68. The van der Waals surface area contributed by atoms with E-state index in [1.807, 2.05) is 6.92 Å². The van der Waals surface area contributed by atoms with Crippen molar-refractivity contribution in [3.8, 4) is 5.82 Å². The van der Waals surface area contributed by atoms with Gasteiger partial charge in [-0.1, -0.05) is 6.07 Å². The zero-order chi connectivity index (χ0) is 13.0. The van der Waals surface area contributed by atoms with Gasteiger partial charge in [-0.05, 0) is 25.1 Å². The fraction of sp³-hybridized carbons (Fsp3) is 0.250. The average Bonchev–Trinajstić information content (AvgIpc) is 2.92. The van der Waals surface area contributed by atoms with E-state index in [1.54, 1.807) is 41.3 Å². The van der Waals surface area contributed by atoms with Gasteiger partial charge in [0.05, 0.1) is 0 Å². The van der Waals surface area contributed by atoms with Gasteiger partial charge in [0.2, 0.25) is 0 Å². The van der Waals surface area contributed by atoms with Crippen molar-refractivity contribution in [3.63, 3.8) is 0 Å². The van der Waals surface area contributed by atoms with E-state index >= 15 is 0 Å². The summed E-state index contributed by atoms with van der Waals surface area (Å²) in [5.74, 6) is 0.370. The van der Waals surface area contributed by atoms with Crippen LogP contribution in [0.4, 0.5) is 0 Å². The Kier molecular flexibility index (Phi) is 7.83. The van der Waals surface area contributed by atoms with Gasteiger partial charge in [-0.15, -0.1) is 24.8 Å². The van der Waals surface area contributed by atoms with Crippen LogP contribution in [-0.4, -0.2) is 33.3 Å². The Balaban J connectivity index is 0.00000180. The lowest BCUT2D eigenvalue weighted by Gasteiger charge is -2.11. The second-order valence-electron chi connectivity index (χ2n) is 3.94. The second kappa shape index (κ2) is 8.52. The van der Waals surface area contributed by atoms with Crippen LogP contribution >= 0.6 is 24.8 Å². The summed E-state index contributed by atoms with van der Waals surface area (Å²) in [6.45, 7) is 2.24. The molecule has 110 valence electrons. The van der Waals surface area contributed by atoms with Gasteiger partial charge >= 0.3 is 0 Å². The molecule has 0 aliphatic heterocycles. The predicted octanol–water partition coefficient (Wildman–Crippen LogP) is 1.19. The maximum absolute atomic E-state index is 11.9. The molecule has 2 aromatic heterocycles. The van der Waals surface area contributed by atoms with Gasteiger partial charge in [0.1, 0.15) is 5.69 Å². The van der Waals surface area contributed by atoms with Gasteiger partial charge < -0.3 is 11.1 Å². The molecule has 6 nitrogen and oxygen atoms in total. The Labute approximate surface area is 129 Å². The summed E-state index contributed by atoms with van der Waals surface area (Å²) in [4.78, 5) is 16.1. The molecule has 2 heterocycles. The van der Waals surface area contributed by atoms with Crippen LogP contribution in [0.5, 0.6) is 0 Å². The number of carbonyl (C=O) groups is 1. The van der Waals surface area contributed by atoms with Crippen LogP contribution in [0.3, 0.4) is 0 Å². The first-order chi connectivity index (χ1) is 8.70. The molecule has 0 spiro atoms. The van der Waals surface area contributed by atoms with E-state index in [0.29, 0.717) is 18.1 Å². The summed E-state index contributed by atoms with van der Waals surface area (Å²) in [6.07, 6.45) is 3.43. The van der Waals surface area contributed by atoms with Crippen molar-refractivity contribution >= 4 is 30.7 Å². The quantitative estimate of drug-likeness (QED) is 0.886.